The molecule has 2 aliphatic carbocycles. The zero-order chi connectivity index (χ0) is 20.0. The number of fused-ring (bicyclic) bond motifs is 1. The highest BCUT2D eigenvalue weighted by atomic mass is 32.2. The number of anilines is 1. The lowest BCUT2D eigenvalue weighted by molar-refractivity contribution is 0.414. The number of aromatic nitrogens is 3. The number of nitrogens with zero attached hydrogens (tertiary/aromatic N) is 4. The SMILES string of the molecule is COc1ccc(-c2nccn3c(N(CC4CC4)CC4CC4)c(SC)nc23)c(C)c1. The van der Waals surface area contributed by atoms with Gasteiger partial charge in [0.05, 0.1) is 7.11 Å². The molecule has 2 aliphatic rings. The Labute approximate surface area is 176 Å². The molecule has 0 radical (unpaired) electrons. The van der Waals surface area contributed by atoms with Crippen molar-refractivity contribution in [2.24, 2.45) is 11.8 Å². The molecule has 5 nitrogen and oxygen atoms in total. The van der Waals surface area contributed by atoms with E-state index in [2.05, 4.69) is 40.8 Å². The summed E-state index contributed by atoms with van der Waals surface area (Å²) < 4.78 is 7.65. The van der Waals surface area contributed by atoms with Crippen LogP contribution >= 0.6 is 11.8 Å². The molecule has 5 rings (SSSR count). The first kappa shape index (κ1) is 18.8. The van der Waals surface area contributed by atoms with E-state index in [1.54, 1.807) is 18.9 Å². The van der Waals surface area contributed by atoms with Crippen LogP contribution in [0.15, 0.2) is 35.6 Å². The lowest BCUT2D eigenvalue weighted by Gasteiger charge is -2.25. The van der Waals surface area contributed by atoms with E-state index in [1.807, 2.05) is 12.3 Å². The molecule has 0 bridgehead atoms. The number of rotatable bonds is 8. The minimum absolute atomic E-state index is 0.846. The Morgan fingerprint density at radius 2 is 1.90 bits per heavy atom. The van der Waals surface area contributed by atoms with Crippen molar-refractivity contribution in [2.45, 2.75) is 37.6 Å². The fourth-order valence-corrected chi connectivity index (χ4v) is 4.65. The Balaban J connectivity index is 1.63. The third-order valence-electron chi connectivity index (χ3n) is 6.02. The first-order valence-corrected chi connectivity index (χ1v) is 11.7. The Morgan fingerprint density at radius 1 is 1.17 bits per heavy atom. The van der Waals surface area contributed by atoms with Crippen LogP contribution in [0.1, 0.15) is 31.2 Å². The largest absolute Gasteiger partial charge is 0.497 e. The van der Waals surface area contributed by atoms with Crippen molar-refractivity contribution in [1.29, 1.82) is 0 Å². The van der Waals surface area contributed by atoms with Crippen LogP contribution < -0.4 is 9.64 Å². The first-order valence-electron chi connectivity index (χ1n) is 10.5. The van der Waals surface area contributed by atoms with E-state index in [0.29, 0.717) is 0 Å². The van der Waals surface area contributed by atoms with E-state index in [-0.39, 0.29) is 0 Å². The van der Waals surface area contributed by atoms with Crippen LogP contribution in [0.3, 0.4) is 0 Å². The smallest absolute Gasteiger partial charge is 0.166 e. The lowest BCUT2D eigenvalue weighted by atomic mass is 10.1. The van der Waals surface area contributed by atoms with Crippen molar-refractivity contribution < 1.29 is 4.74 Å². The van der Waals surface area contributed by atoms with Gasteiger partial charge in [-0.3, -0.25) is 9.38 Å². The molecule has 0 N–H and O–H groups in total. The van der Waals surface area contributed by atoms with Gasteiger partial charge in [0, 0.05) is 31.0 Å². The number of thioether (sulfide) groups is 1. The van der Waals surface area contributed by atoms with Crippen LogP contribution in [0.4, 0.5) is 5.82 Å². The number of hydrogen-bond donors (Lipinski definition) is 0. The molecule has 2 aromatic heterocycles. The molecule has 0 spiro atoms. The maximum atomic E-state index is 5.38. The molecule has 3 aromatic rings. The van der Waals surface area contributed by atoms with E-state index in [1.165, 1.54) is 31.5 Å². The molecule has 2 fully saturated rings. The van der Waals surface area contributed by atoms with Crippen molar-refractivity contribution in [3.8, 4) is 17.0 Å². The molecule has 0 unspecified atom stereocenters. The molecule has 2 saturated carbocycles. The highest BCUT2D eigenvalue weighted by Crippen LogP contribution is 2.40. The van der Waals surface area contributed by atoms with Crippen LogP contribution in [0.2, 0.25) is 0 Å². The van der Waals surface area contributed by atoms with E-state index < -0.39 is 0 Å². The van der Waals surface area contributed by atoms with Gasteiger partial charge >= 0.3 is 0 Å². The highest BCUT2D eigenvalue weighted by molar-refractivity contribution is 7.98. The molecule has 0 amide bonds. The van der Waals surface area contributed by atoms with E-state index in [4.69, 9.17) is 14.7 Å². The van der Waals surface area contributed by atoms with Gasteiger partial charge in [-0.25, -0.2) is 4.98 Å². The summed E-state index contributed by atoms with van der Waals surface area (Å²) >= 11 is 1.74. The Kier molecular flexibility index (Phi) is 4.90. The van der Waals surface area contributed by atoms with Crippen molar-refractivity contribution in [3.63, 3.8) is 0 Å². The summed E-state index contributed by atoms with van der Waals surface area (Å²) in [5.74, 6) is 3.81. The Morgan fingerprint density at radius 3 is 2.48 bits per heavy atom. The van der Waals surface area contributed by atoms with Gasteiger partial charge in [-0.1, -0.05) is 0 Å². The van der Waals surface area contributed by atoms with Crippen LogP contribution in [0, 0.1) is 18.8 Å². The van der Waals surface area contributed by atoms with Crippen molar-refractivity contribution >= 4 is 23.2 Å². The summed E-state index contributed by atoms with van der Waals surface area (Å²) in [6.45, 7) is 4.41. The van der Waals surface area contributed by atoms with E-state index in [0.717, 1.165) is 58.2 Å². The molecule has 152 valence electrons. The average Bonchev–Trinajstić information content (AvgIpc) is 3.66. The summed E-state index contributed by atoms with van der Waals surface area (Å²) in [6.07, 6.45) is 11.6. The van der Waals surface area contributed by atoms with Crippen LogP contribution in [-0.4, -0.2) is 40.8 Å². The van der Waals surface area contributed by atoms with Gasteiger partial charge in [-0.2, -0.15) is 0 Å². The highest BCUT2D eigenvalue weighted by Gasteiger charge is 2.32. The fourth-order valence-electron chi connectivity index (χ4n) is 4.06. The topological polar surface area (TPSA) is 42.7 Å². The lowest BCUT2D eigenvalue weighted by Crippen LogP contribution is -2.29. The number of ether oxygens (including phenoxy) is 1. The summed E-state index contributed by atoms with van der Waals surface area (Å²) in [5, 5.41) is 1.10. The maximum Gasteiger partial charge on any atom is 0.166 e. The van der Waals surface area contributed by atoms with Crippen molar-refractivity contribution in [1.82, 2.24) is 14.4 Å². The molecule has 0 atom stereocenters. The summed E-state index contributed by atoms with van der Waals surface area (Å²) in [7, 11) is 1.70. The van der Waals surface area contributed by atoms with Gasteiger partial charge in [-0.15, -0.1) is 11.8 Å². The quantitative estimate of drug-likeness (QED) is 0.487. The second-order valence-electron chi connectivity index (χ2n) is 8.39. The summed E-state index contributed by atoms with van der Waals surface area (Å²) in [6, 6.07) is 6.15. The van der Waals surface area contributed by atoms with Crippen LogP contribution in [-0.2, 0) is 0 Å². The Hall–Kier alpha value is -2.21. The molecule has 0 saturated heterocycles. The zero-order valence-corrected chi connectivity index (χ0v) is 18.2. The monoisotopic (exact) mass is 408 g/mol. The molecular formula is C23H28N4OS. The standard InChI is InChI=1S/C23H28N4OS/c1-15-12-18(28-2)8-9-19(15)20-21-25-22(29-3)23(27(21)11-10-24-20)26(13-16-4-5-16)14-17-6-7-17/h8-12,16-17H,4-7,13-14H2,1-3H3. The fraction of sp³-hybridized carbons (Fsp3) is 0.478. The summed E-state index contributed by atoms with van der Waals surface area (Å²) in [5.41, 5.74) is 4.13. The second-order valence-corrected chi connectivity index (χ2v) is 9.18. The van der Waals surface area contributed by atoms with Gasteiger partial charge in [0.2, 0.25) is 0 Å². The minimum atomic E-state index is 0.846. The van der Waals surface area contributed by atoms with Crippen LogP contribution in [0.25, 0.3) is 16.9 Å². The first-order chi connectivity index (χ1) is 14.2. The predicted molar refractivity (Wildman–Crippen MR) is 119 cm³/mol. The summed E-state index contributed by atoms with van der Waals surface area (Å²) in [4.78, 5) is 12.4. The number of aryl methyl sites for hydroxylation is 1. The zero-order valence-electron chi connectivity index (χ0n) is 17.4. The van der Waals surface area contributed by atoms with Gasteiger partial charge in [0.15, 0.2) is 5.65 Å². The van der Waals surface area contributed by atoms with Crippen molar-refractivity contribution in [3.05, 3.63) is 36.2 Å². The normalized spacial score (nSPS) is 16.4. The molecule has 1 aromatic carbocycles. The molecule has 29 heavy (non-hydrogen) atoms. The number of methoxy groups -OCH3 is 1. The van der Waals surface area contributed by atoms with E-state index in [9.17, 15) is 0 Å². The maximum absolute atomic E-state index is 5.38. The molecule has 0 aliphatic heterocycles. The van der Waals surface area contributed by atoms with Crippen molar-refractivity contribution in [2.75, 3.05) is 31.4 Å². The Bertz CT molecular complexity index is 1020. The molecule has 6 heteroatoms. The molecule has 2 heterocycles. The number of benzene rings is 1. The average molecular weight is 409 g/mol. The van der Waals surface area contributed by atoms with Crippen LogP contribution in [0.5, 0.6) is 5.75 Å². The molecular weight excluding hydrogens is 380 g/mol. The number of hydrogen-bond acceptors (Lipinski definition) is 5. The van der Waals surface area contributed by atoms with E-state index >= 15 is 0 Å². The van der Waals surface area contributed by atoms with Gasteiger partial charge in [0.25, 0.3) is 0 Å². The minimum Gasteiger partial charge on any atom is -0.497 e. The predicted octanol–water partition coefficient (Wildman–Crippen LogP) is 5.06. The van der Waals surface area contributed by atoms with Gasteiger partial charge < -0.3 is 9.64 Å². The third kappa shape index (κ3) is 3.70. The van der Waals surface area contributed by atoms with Gasteiger partial charge in [0.1, 0.15) is 22.3 Å². The third-order valence-corrected chi connectivity index (χ3v) is 6.68. The number of imidazole rings is 1. The van der Waals surface area contributed by atoms with Gasteiger partial charge in [-0.05, 0) is 74.5 Å². The second kappa shape index (κ2) is 7.56.